The van der Waals surface area contributed by atoms with Gasteiger partial charge in [-0.3, -0.25) is 15.2 Å². The van der Waals surface area contributed by atoms with Crippen molar-refractivity contribution in [3.05, 3.63) is 98.8 Å². The van der Waals surface area contributed by atoms with Crippen LogP contribution in [0.5, 0.6) is 5.75 Å². The van der Waals surface area contributed by atoms with Crippen molar-refractivity contribution in [2.24, 2.45) is 11.7 Å². The van der Waals surface area contributed by atoms with Crippen LogP contribution in [0.1, 0.15) is 51.5 Å². The van der Waals surface area contributed by atoms with E-state index in [9.17, 15) is 22.4 Å². The number of hydrogen-bond donors (Lipinski definition) is 2. The molecule has 1 amide bonds. The number of methoxy groups -OCH3 is 1. The smallest absolute Gasteiger partial charge is 0.433 e. The Morgan fingerprint density at radius 2 is 2.03 bits per heavy atom. The highest BCUT2D eigenvalue weighted by Gasteiger charge is 2.39. The molecule has 1 aliphatic rings. The van der Waals surface area contributed by atoms with Crippen molar-refractivity contribution in [1.29, 1.82) is 5.41 Å². The molecule has 1 aliphatic carbocycles. The fourth-order valence-electron chi connectivity index (χ4n) is 5.02. The molecule has 3 N–H and O–H groups in total. The highest BCUT2D eigenvalue weighted by molar-refractivity contribution is 7.06. The van der Waals surface area contributed by atoms with Gasteiger partial charge in [-0.15, -0.1) is 11.3 Å². The second-order valence-corrected chi connectivity index (χ2v) is 10.3. The summed E-state index contributed by atoms with van der Waals surface area (Å²) < 4.78 is 62.7. The third-order valence-corrected chi connectivity index (χ3v) is 7.59. The molecule has 2 aromatic carbocycles. The van der Waals surface area contributed by atoms with Crippen molar-refractivity contribution in [2.75, 3.05) is 7.11 Å². The maximum atomic E-state index is 14.3. The fraction of sp³-hybridized carbons (Fsp3) is 0.250. The largest absolute Gasteiger partial charge is 0.494 e. The molecule has 1 saturated carbocycles. The van der Waals surface area contributed by atoms with Crippen LogP contribution >= 0.6 is 11.3 Å². The number of thiazole rings is 1. The van der Waals surface area contributed by atoms with E-state index in [0.29, 0.717) is 16.7 Å². The Morgan fingerprint density at radius 3 is 2.64 bits per heavy atom. The standard InChI is InChI=1S/C28H24F4N4O2S/c1-38-22-13-16(6-7-21(22)29)23(15-4-5-15)24-18(14-36-9-10-39-27(36)34)11-17(12-20(24)26(33)37)19-3-2-8-35-25(19)28(30,31)32/h2-3,6-13,15,23,34H,4-5,14H2,1H3,(H2,33,37)/t23-/m1/s1. The van der Waals surface area contributed by atoms with Gasteiger partial charge >= 0.3 is 6.18 Å². The molecule has 0 radical (unpaired) electrons. The molecule has 11 heteroatoms. The van der Waals surface area contributed by atoms with Crippen LogP contribution in [-0.2, 0) is 12.7 Å². The van der Waals surface area contributed by atoms with E-state index >= 15 is 0 Å². The molecule has 6 nitrogen and oxygen atoms in total. The molecule has 39 heavy (non-hydrogen) atoms. The SMILES string of the molecule is COc1cc([C@H](c2c(Cn3ccsc3=N)cc(-c3cccnc3C(F)(F)F)cc2C(N)=O)C2CC2)ccc1F. The van der Waals surface area contributed by atoms with Crippen molar-refractivity contribution < 1.29 is 27.1 Å². The minimum atomic E-state index is -4.72. The maximum Gasteiger partial charge on any atom is 0.433 e. The summed E-state index contributed by atoms with van der Waals surface area (Å²) in [6.45, 7) is 0.120. The number of amides is 1. The van der Waals surface area contributed by atoms with E-state index in [1.807, 2.05) is 0 Å². The Kier molecular flexibility index (Phi) is 7.02. The first-order chi connectivity index (χ1) is 18.6. The first kappa shape index (κ1) is 26.6. The van der Waals surface area contributed by atoms with Crippen molar-refractivity contribution >= 4 is 17.2 Å². The van der Waals surface area contributed by atoms with Crippen molar-refractivity contribution in [3.63, 3.8) is 0 Å². The molecule has 2 heterocycles. The van der Waals surface area contributed by atoms with Crippen LogP contribution in [0.15, 0.2) is 60.2 Å². The number of nitrogens with one attached hydrogen (secondary N) is 1. The summed E-state index contributed by atoms with van der Waals surface area (Å²) in [5.74, 6) is -1.58. The molecule has 5 rings (SSSR count). The Balaban J connectivity index is 1.79. The lowest BCUT2D eigenvalue weighted by molar-refractivity contribution is -0.140. The van der Waals surface area contributed by atoms with Gasteiger partial charge < -0.3 is 15.0 Å². The highest BCUT2D eigenvalue weighted by Crippen LogP contribution is 2.50. The van der Waals surface area contributed by atoms with Gasteiger partial charge in [0.25, 0.3) is 0 Å². The summed E-state index contributed by atoms with van der Waals surface area (Å²) in [7, 11) is 1.36. The summed E-state index contributed by atoms with van der Waals surface area (Å²) in [4.78, 5) is 16.7. The zero-order valence-corrected chi connectivity index (χ0v) is 21.6. The zero-order chi connectivity index (χ0) is 27.9. The van der Waals surface area contributed by atoms with Crippen LogP contribution in [0.3, 0.4) is 0 Å². The van der Waals surface area contributed by atoms with E-state index in [0.717, 1.165) is 19.0 Å². The summed E-state index contributed by atoms with van der Waals surface area (Å²) >= 11 is 1.20. The van der Waals surface area contributed by atoms with Crippen LogP contribution in [0.4, 0.5) is 17.6 Å². The molecule has 202 valence electrons. The minimum Gasteiger partial charge on any atom is -0.494 e. The van der Waals surface area contributed by atoms with Gasteiger partial charge in [0.15, 0.2) is 22.1 Å². The average Bonchev–Trinajstić information content (AvgIpc) is 3.66. The zero-order valence-electron chi connectivity index (χ0n) is 20.8. The Hall–Kier alpha value is -3.99. The van der Waals surface area contributed by atoms with Crippen molar-refractivity contribution in [1.82, 2.24) is 9.55 Å². The molecule has 0 bridgehead atoms. The fourth-order valence-corrected chi connectivity index (χ4v) is 5.62. The van der Waals surface area contributed by atoms with Gasteiger partial charge in [-0.05, 0) is 71.3 Å². The van der Waals surface area contributed by atoms with Gasteiger partial charge in [-0.2, -0.15) is 13.2 Å². The predicted molar refractivity (Wildman–Crippen MR) is 138 cm³/mol. The number of benzene rings is 2. The maximum absolute atomic E-state index is 14.3. The van der Waals surface area contributed by atoms with Gasteiger partial charge in [0.2, 0.25) is 5.91 Å². The quantitative estimate of drug-likeness (QED) is 0.263. The molecule has 0 aliphatic heterocycles. The van der Waals surface area contributed by atoms with E-state index in [1.54, 1.807) is 34.3 Å². The second kappa shape index (κ2) is 10.3. The first-order valence-corrected chi connectivity index (χ1v) is 13.0. The number of nitrogens with zero attached hydrogens (tertiary/aromatic N) is 2. The number of ether oxygens (including phenoxy) is 1. The van der Waals surface area contributed by atoms with Crippen LogP contribution in [-0.4, -0.2) is 22.6 Å². The predicted octanol–water partition coefficient (Wildman–Crippen LogP) is 5.95. The first-order valence-electron chi connectivity index (χ1n) is 12.1. The molecule has 0 saturated heterocycles. The number of rotatable bonds is 8. The van der Waals surface area contributed by atoms with Gasteiger partial charge in [0, 0.05) is 34.8 Å². The van der Waals surface area contributed by atoms with Crippen molar-refractivity contribution in [3.8, 4) is 16.9 Å². The molecule has 1 atom stereocenters. The third-order valence-electron chi connectivity index (χ3n) is 6.88. The van der Waals surface area contributed by atoms with Gasteiger partial charge in [0.05, 0.1) is 13.7 Å². The average molecular weight is 557 g/mol. The lowest BCUT2D eigenvalue weighted by Crippen LogP contribution is -2.22. The van der Waals surface area contributed by atoms with Crippen LogP contribution in [0, 0.1) is 17.1 Å². The number of pyridine rings is 1. The molecule has 2 aromatic heterocycles. The number of carbonyl (C=O) groups excluding carboxylic acids is 1. The third kappa shape index (κ3) is 5.31. The lowest BCUT2D eigenvalue weighted by Gasteiger charge is -2.25. The highest BCUT2D eigenvalue weighted by atomic mass is 32.1. The van der Waals surface area contributed by atoms with Gasteiger partial charge in [-0.25, -0.2) is 4.39 Å². The summed E-state index contributed by atoms with van der Waals surface area (Å²) in [6.07, 6.45) is -0.263. The molecule has 1 fully saturated rings. The van der Waals surface area contributed by atoms with E-state index in [4.69, 9.17) is 15.9 Å². The molecular weight excluding hydrogens is 532 g/mol. The topological polar surface area (TPSA) is 94.0 Å². The molecule has 0 unspecified atom stereocenters. The normalized spacial score (nSPS) is 14.3. The van der Waals surface area contributed by atoms with Crippen LogP contribution in [0.2, 0.25) is 0 Å². The number of nitrogens with two attached hydrogens (primary N) is 1. The number of aromatic nitrogens is 2. The van der Waals surface area contributed by atoms with Gasteiger partial charge in [-0.1, -0.05) is 12.1 Å². The summed E-state index contributed by atoms with van der Waals surface area (Å²) in [5.41, 5.74) is 6.60. The number of halogens is 4. The lowest BCUT2D eigenvalue weighted by atomic mass is 9.80. The van der Waals surface area contributed by atoms with Crippen LogP contribution in [0.25, 0.3) is 11.1 Å². The molecular formula is C28H24F4N4O2S. The minimum absolute atomic E-state index is 0.0442. The monoisotopic (exact) mass is 556 g/mol. The van der Waals surface area contributed by atoms with Crippen LogP contribution < -0.4 is 15.3 Å². The Labute approximate surface area is 225 Å². The van der Waals surface area contributed by atoms with E-state index in [-0.39, 0.29) is 39.7 Å². The Morgan fingerprint density at radius 1 is 1.26 bits per heavy atom. The van der Waals surface area contributed by atoms with Crippen molar-refractivity contribution in [2.45, 2.75) is 31.5 Å². The molecule has 0 spiro atoms. The summed E-state index contributed by atoms with van der Waals surface area (Å²) in [6, 6.07) is 10.2. The molecule has 4 aromatic rings. The number of alkyl halides is 3. The Bertz CT molecular complexity index is 1610. The van der Waals surface area contributed by atoms with Gasteiger partial charge in [0.1, 0.15) is 0 Å². The number of primary amides is 1. The second-order valence-electron chi connectivity index (χ2n) is 9.40. The number of carbonyl (C=O) groups is 1. The number of hydrogen-bond acceptors (Lipinski definition) is 5. The van der Waals surface area contributed by atoms with E-state index in [1.165, 1.54) is 42.7 Å². The summed E-state index contributed by atoms with van der Waals surface area (Å²) in [5, 5.41) is 9.99. The van der Waals surface area contributed by atoms with E-state index in [2.05, 4.69) is 4.98 Å². The van der Waals surface area contributed by atoms with E-state index < -0.39 is 29.5 Å².